The van der Waals surface area contributed by atoms with E-state index in [0.717, 1.165) is 30.4 Å². The average Bonchev–Trinajstić information content (AvgIpc) is 2.95. The Morgan fingerprint density at radius 2 is 0.949 bits per heavy atom. The fourth-order valence-corrected chi connectivity index (χ4v) is 4.64. The van der Waals surface area contributed by atoms with Crippen molar-refractivity contribution < 1.29 is 19.1 Å². The SMILES string of the molecule is CCCCCCCCCCCCCCCCCC(=O)Oc1ccc(-c2ccc(OC(=O)C(C)CC)cc2)cc1. The molecule has 0 fully saturated rings. The van der Waals surface area contributed by atoms with E-state index in [1.165, 1.54) is 83.5 Å². The molecule has 0 aliphatic rings. The second-order valence-corrected chi connectivity index (χ2v) is 11.0. The third kappa shape index (κ3) is 14.4. The summed E-state index contributed by atoms with van der Waals surface area (Å²) < 4.78 is 10.9. The molecule has 0 bridgehead atoms. The summed E-state index contributed by atoms with van der Waals surface area (Å²) in [5, 5.41) is 0. The lowest BCUT2D eigenvalue weighted by Crippen LogP contribution is -2.16. The first kappa shape index (κ1) is 32.6. The van der Waals surface area contributed by atoms with Gasteiger partial charge >= 0.3 is 11.9 Å². The van der Waals surface area contributed by atoms with Crippen LogP contribution in [0.3, 0.4) is 0 Å². The summed E-state index contributed by atoms with van der Waals surface area (Å²) in [6.07, 6.45) is 20.9. The summed E-state index contributed by atoms with van der Waals surface area (Å²) in [4.78, 5) is 24.2. The smallest absolute Gasteiger partial charge is 0.314 e. The lowest BCUT2D eigenvalue weighted by molar-refractivity contribution is -0.138. The first-order chi connectivity index (χ1) is 19.0. The van der Waals surface area contributed by atoms with Gasteiger partial charge in [0.2, 0.25) is 0 Å². The van der Waals surface area contributed by atoms with Gasteiger partial charge in [-0.05, 0) is 48.2 Å². The molecule has 2 aromatic carbocycles. The predicted molar refractivity (Wildman–Crippen MR) is 162 cm³/mol. The van der Waals surface area contributed by atoms with Crippen molar-refractivity contribution in [3.63, 3.8) is 0 Å². The summed E-state index contributed by atoms with van der Waals surface area (Å²) in [7, 11) is 0. The minimum absolute atomic E-state index is 0.112. The molecule has 0 saturated carbocycles. The Balaban J connectivity index is 1.53. The van der Waals surface area contributed by atoms with Gasteiger partial charge in [-0.2, -0.15) is 0 Å². The molecule has 0 heterocycles. The third-order valence-electron chi connectivity index (χ3n) is 7.49. The number of ether oxygens (including phenoxy) is 2. The van der Waals surface area contributed by atoms with E-state index >= 15 is 0 Å². The summed E-state index contributed by atoms with van der Waals surface area (Å²) in [6.45, 7) is 6.11. The fraction of sp³-hybridized carbons (Fsp3) is 0.600. The van der Waals surface area contributed by atoms with Crippen LogP contribution < -0.4 is 9.47 Å². The average molecular weight is 537 g/mol. The zero-order valence-electron chi connectivity index (χ0n) is 24.8. The lowest BCUT2D eigenvalue weighted by Gasteiger charge is -2.10. The number of rotatable bonds is 21. The Hall–Kier alpha value is -2.62. The van der Waals surface area contributed by atoms with Crippen molar-refractivity contribution in [1.82, 2.24) is 0 Å². The number of benzene rings is 2. The minimum Gasteiger partial charge on any atom is -0.427 e. The highest BCUT2D eigenvalue weighted by atomic mass is 16.5. The van der Waals surface area contributed by atoms with Gasteiger partial charge in [-0.25, -0.2) is 0 Å². The van der Waals surface area contributed by atoms with Crippen molar-refractivity contribution in [2.75, 3.05) is 0 Å². The molecule has 0 radical (unpaired) electrons. The van der Waals surface area contributed by atoms with E-state index < -0.39 is 0 Å². The van der Waals surface area contributed by atoms with Crippen LogP contribution >= 0.6 is 0 Å². The normalized spacial score (nSPS) is 11.8. The molecule has 0 N–H and O–H groups in total. The number of hydrogen-bond donors (Lipinski definition) is 0. The van der Waals surface area contributed by atoms with E-state index in [2.05, 4.69) is 6.92 Å². The molecule has 1 unspecified atom stereocenters. The summed E-state index contributed by atoms with van der Waals surface area (Å²) in [6, 6.07) is 15.0. The van der Waals surface area contributed by atoms with Gasteiger partial charge in [0.05, 0.1) is 5.92 Å². The monoisotopic (exact) mass is 536 g/mol. The maximum absolute atomic E-state index is 12.2. The van der Waals surface area contributed by atoms with Gasteiger partial charge in [-0.1, -0.05) is 135 Å². The molecule has 0 saturated heterocycles. The molecule has 0 aliphatic carbocycles. The summed E-state index contributed by atoms with van der Waals surface area (Å²) in [5.41, 5.74) is 2.02. The lowest BCUT2D eigenvalue weighted by atomic mass is 10.0. The van der Waals surface area contributed by atoms with Crippen LogP contribution in [0.1, 0.15) is 130 Å². The van der Waals surface area contributed by atoms with Crippen LogP contribution in [0, 0.1) is 5.92 Å². The minimum atomic E-state index is -0.208. The van der Waals surface area contributed by atoms with E-state index in [0.29, 0.717) is 17.9 Å². The topological polar surface area (TPSA) is 52.6 Å². The van der Waals surface area contributed by atoms with Gasteiger partial charge in [0, 0.05) is 6.42 Å². The third-order valence-corrected chi connectivity index (χ3v) is 7.49. The molecule has 4 heteroatoms. The quantitative estimate of drug-likeness (QED) is 0.0904. The van der Waals surface area contributed by atoms with Gasteiger partial charge < -0.3 is 9.47 Å². The Morgan fingerprint density at radius 3 is 1.36 bits per heavy atom. The molecule has 0 amide bonds. The predicted octanol–water partition coefficient (Wildman–Crippen LogP) is 10.5. The van der Waals surface area contributed by atoms with Gasteiger partial charge in [-0.15, -0.1) is 0 Å². The van der Waals surface area contributed by atoms with Gasteiger partial charge in [0.15, 0.2) is 0 Å². The van der Waals surface area contributed by atoms with Crippen molar-refractivity contribution in [3.8, 4) is 22.6 Å². The maximum Gasteiger partial charge on any atom is 0.314 e. The van der Waals surface area contributed by atoms with Crippen LogP contribution in [-0.4, -0.2) is 11.9 Å². The molecule has 0 aliphatic heterocycles. The Labute approximate surface area is 237 Å². The second-order valence-electron chi connectivity index (χ2n) is 11.0. The molecule has 216 valence electrons. The highest BCUT2D eigenvalue weighted by Crippen LogP contribution is 2.25. The maximum atomic E-state index is 12.2. The summed E-state index contributed by atoms with van der Waals surface area (Å²) in [5.74, 6) is 0.641. The van der Waals surface area contributed by atoms with E-state index in [4.69, 9.17) is 9.47 Å². The fourth-order valence-electron chi connectivity index (χ4n) is 4.64. The first-order valence-electron chi connectivity index (χ1n) is 15.7. The van der Waals surface area contributed by atoms with E-state index in [1.807, 2.05) is 50.2 Å². The largest absolute Gasteiger partial charge is 0.427 e. The van der Waals surface area contributed by atoms with Crippen LogP contribution in [0.4, 0.5) is 0 Å². The zero-order valence-corrected chi connectivity index (χ0v) is 24.8. The molecular formula is C35H52O4. The number of carbonyl (C=O) groups is 2. The van der Waals surface area contributed by atoms with E-state index in [-0.39, 0.29) is 17.9 Å². The number of carbonyl (C=O) groups excluding carboxylic acids is 2. The molecular weight excluding hydrogens is 484 g/mol. The second kappa shape index (κ2) is 20.3. The Morgan fingerprint density at radius 1 is 0.564 bits per heavy atom. The van der Waals surface area contributed by atoms with Crippen LogP contribution in [0.5, 0.6) is 11.5 Å². The number of unbranched alkanes of at least 4 members (excludes halogenated alkanes) is 14. The highest BCUT2D eigenvalue weighted by molar-refractivity contribution is 5.75. The Kier molecular flexibility index (Phi) is 17.0. The van der Waals surface area contributed by atoms with Gasteiger partial charge in [0.1, 0.15) is 11.5 Å². The van der Waals surface area contributed by atoms with Crippen LogP contribution in [-0.2, 0) is 9.59 Å². The molecule has 4 nitrogen and oxygen atoms in total. The van der Waals surface area contributed by atoms with Crippen LogP contribution in [0.15, 0.2) is 48.5 Å². The number of esters is 2. The standard InChI is InChI=1S/C35H52O4/c1-4-6-7-8-9-10-11-12-13-14-15-16-17-18-19-20-34(36)38-32-25-21-30(22-26-32)31-23-27-33(28-24-31)39-35(37)29(3)5-2/h21-29H,4-20H2,1-3H3. The first-order valence-corrected chi connectivity index (χ1v) is 15.7. The zero-order chi connectivity index (χ0) is 28.1. The molecule has 39 heavy (non-hydrogen) atoms. The molecule has 1 atom stereocenters. The van der Waals surface area contributed by atoms with Crippen molar-refractivity contribution in [2.45, 2.75) is 130 Å². The molecule has 2 rings (SSSR count). The van der Waals surface area contributed by atoms with Crippen molar-refractivity contribution in [3.05, 3.63) is 48.5 Å². The van der Waals surface area contributed by atoms with E-state index in [9.17, 15) is 9.59 Å². The number of hydrogen-bond acceptors (Lipinski definition) is 4. The van der Waals surface area contributed by atoms with Gasteiger partial charge in [-0.3, -0.25) is 9.59 Å². The van der Waals surface area contributed by atoms with Gasteiger partial charge in [0.25, 0.3) is 0 Å². The van der Waals surface area contributed by atoms with Crippen LogP contribution in [0.2, 0.25) is 0 Å². The van der Waals surface area contributed by atoms with E-state index in [1.54, 1.807) is 12.1 Å². The van der Waals surface area contributed by atoms with Crippen molar-refractivity contribution >= 4 is 11.9 Å². The highest BCUT2D eigenvalue weighted by Gasteiger charge is 2.13. The summed E-state index contributed by atoms with van der Waals surface area (Å²) >= 11 is 0. The molecule has 2 aromatic rings. The Bertz CT molecular complexity index is 917. The van der Waals surface area contributed by atoms with Crippen molar-refractivity contribution in [1.29, 1.82) is 0 Å². The molecule has 0 spiro atoms. The van der Waals surface area contributed by atoms with Crippen molar-refractivity contribution in [2.24, 2.45) is 5.92 Å². The molecule has 0 aromatic heterocycles. The van der Waals surface area contributed by atoms with Crippen LogP contribution in [0.25, 0.3) is 11.1 Å².